The standard InChI is InChI=1S/C23H27F3N4O3/c1-2-6-19(22(32)28-17-7-5-8-18(13-17)30-11-3-4-12-30)29-21(31)16-9-10-20(27-14-16)33-15-23(24,25)26/h5,7-10,13-14,19H,2-4,6,11-12,15H2,1H3,(H,28,32)(H,29,31). The fourth-order valence-corrected chi connectivity index (χ4v) is 3.54. The molecule has 1 unspecified atom stereocenters. The van der Waals surface area contributed by atoms with Crippen molar-refractivity contribution in [3.05, 3.63) is 48.2 Å². The lowest BCUT2D eigenvalue weighted by Crippen LogP contribution is -2.43. The Morgan fingerprint density at radius 3 is 2.58 bits per heavy atom. The Labute approximate surface area is 190 Å². The van der Waals surface area contributed by atoms with E-state index in [0.717, 1.165) is 37.8 Å². The number of carbonyl (C=O) groups excluding carboxylic acids is 2. The number of nitrogens with one attached hydrogen (secondary N) is 2. The number of hydrogen-bond acceptors (Lipinski definition) is 5. The van der Waals surface area contributed by atoms with E-state index in [2.05, 4.69) is 25.3 Å². The Balaban J connectivity index is 1.60. The molecule has 0 bridgehead atoms. The van der Waals surface area contributed by atoms with Gasteiger partial charge < -0.3 is 20.3 Å². The minimum absolute atomic E-state index is 0.110. The third-order valence-electron chi connectivity index (χ3n) is 5.17. The smallest absolute Gasteiger partial charge is 0.422 e. The average molecular weight is 464 g/mol. The van der Waals surface area contributed by atoms with Crippen molar-refractivity contribution in [2.75, 3.05) is 29.9 Å². The van der Waals surface area contributed by atoms with Crippen LogP contribution in [0.2, 0.25) is 0 Å². The maximum atomic E-state index is 12.9. The number of amides is 2. The van der Waals surface area contributed by atoms with Crippen LogP contribution >= 0.6 is 0 Å². The van der Waals surface area contributed by atoms with Crippen LogP contribution in [-0.2, 0) is 4.79 Å². The van der Waals surface area contributed by atoms with Crippen molar-refractivity contribution in [1.82, 2.24) is 10.3 Å². The molecule has 1 saturated heterocycles. The number of hydrogen-bond donors (Lipinski definition) is 2. The molecule has 3 rings (SSSR count). The zero-order chi connectivity index (χ0) is 23.8. The molecule has 0 aliphatic carbocycles. The molecule has 33 heavy (non-hydrogen) atoms. The van der Waals surface area contributed by atoms with Crippen LogP contribution in [0.15, 0.2) is 42.6 Å². The lowest BCUT2D eigenvalue weighted by atomic mass is 10.1. The fraction of sp³-hybridized carbons (Fsp3) is 0.435. The van der Waals surface area contributed by atoms with Crippen LogP contribution < -0.4 is 20.3 Å². The topological polar surface area (TPSA) is 83.6 Å². The number of carbonyl (C=O) groups is 2. The Morgan fingerprint density at radius 2 is 1.94 bits per heavy atom. The SMILES string of the molecule is CCCC(NC(=O)c1ccc(OCC(F)(F)F)nc1)C(=O)Nc1cccc(N2CCCC2)c1. The molecule has 10 heteroatoms. The molecule has 2 N–H and O–H groups in total. The van der Waals surface area contributed by atoms with Crippen LogP contribution in [0.4, 0.5) is 24.5 Å². The summed E-state index contributed by atoms with van der Waals surface area (Å²) in [7, 11) is 0. The summed E-state index contributed by atoms with van der Waals surface area (Å²) >= 11 is 0. The van der Waals surface area contributed by atoms with Crippen molar-refractivity contribution in [1.29, 1.82) is 0 Å². The Morgan fingerprint density at radius 1 is 1.18 bits per heavy atom. The van der Waals surface area contributed by atoms with Gasteiger partial charge in [-0.2, -0.15) is 13.2 Å². The second-order valence-electron chi connectivity index (χ2n) is 7.84. The van der Waals surface area contributed by atoms with Crippen molar-refractivity contribution in [3.63, 3.8) is 0 Å². The zero-order valence-corrected chi connectivity index (χ0v) is 18.3. The second-order valence-corrected chi connectivity index (χ2v) is 7.84. The molecule has 1 atom stereocenters. The number of halogens is 3. The van der Waals surface area contributed by atoms with Gasteiger partial charge in [-0.25, -0.2) is 4.98 Å². The molecule has 1 aromatic heterocycles. The van der Waals surface area contributed by atoms with Gasteiger partial charge in [0.1, 0.15) is 6.04 Å². The van der Waals surface area contributed by atoms with E-state index in [0.29, 0.717) is 18.5 Å². The molecule has 0 saturated carbocycles. The maximum Gasteiger partial charge on any atom is 0.422 e. The van der Waals surface area contributed by atoms with E-state index in [1.165, 1.54) is 12.1 Å². The first-order valence-electron chi connectivity index (χ1n) is 10.9. The predicted octanol–water partition coefficient (Wildman–Crippen LogP) is 4.16. The summed E-state index contributed by atoms with van der Waals surface area (Å²) in [5, 5.41) is 5.54. The first-order chi connectivity index (χ1) is 15.7. The molecule has 0 spiro atoms. The number of nitrogens with zero attached hydrogens (tertiary/aromatic N) is 2. The van der Waals surface area contributed by atoms with Gasteiger partial charge in [0.05, 0.1) is 5.56 Å². The van der Waals surface area contributed by atoms with E-state index in [1.807, 2.05) is 25.1 Å². The number of alkyl halides is 3. The largest absolute Gasteiger partial charge is 0.468 e. The first kappa shape index (κ1) is 24.3. The molecule has 178 valence electrons. The zero-order valence-electron chi connectivity index (χ0n) is 18.3. The number of benzene rings is 1. The van der Waals surface area contributed by atoms with Crippen molar-refractivity contribution in [2.45, 2.75) is 44.8 Å². The summed E-state index contributed by atoms with van der Waals surface area (Å²) < 4.78 is 41.3. The highest BCUT2D eigenvalue weighted by molar-refractivity contribution is 6.01. The lowest BCUT2D eigenvalue weighted by molar-refractivity contribution is -0.154. The van der Waals surface area contributed by atoms with Gasteiger partial charge >= 0.3 is 6.18 Å². The number of pyridine rings is 1. The molecule has 2 aromatic rings. The average Bonchev–Trinajstić information content (AvgIpc) is 3.32. The van der Waals surface area contributed by atoms with Crippen molar-refractivity contribution in [2.24, 2.45) is 0 Å². The summed E-state index contributed by atoms with van der Waals surface area (Å²) in [6, 6.07) is 9.29. The molecule has 1 aromatic carbocycles. The monoisotopic (exact) mass is 464 g/mol. The molecule has 0 radical (unpaired) electrons. The lowest BCUT2D eigenvalue weighted by Gasteiger charge is -2.20. The van der Waals surface area contributed by atoms with Gasteiger partial charge in [0.15, 0.2) is 6.61 Å². The molecular formula is C23H27F3N4O3. The summed E-state index contributed by atoms with van der Waals surface area (Å²) in [5.74, 6) is -1.14. The summed E-state index contributed by atoms with van der Waals surface area (Å²) in [6.45, 7) is 2.40. The van der Waals surface area contributed by atoms with E-state index in [9.17, 15) is 22.8 Å². The second kappa shape index (κ2) is 11.0. The van der Waals surface area contributed by atoms with E-state index in [1.54, 1.807) is 6.07 Å². The molecule has 7 nitrogen and oxygen atoms in total. The first-order valence-corrected chi connectivity index (χ1v) is 10.9. The third-order valence-corrected chi connectivity index (χ3v) is 5.17. The normalized spacial score (nSPS) is 14.6. The van der Waals surface area contributed by atoms with E-state index in [4.69, 9.17) is 0 Å². The van der Waals surface area contributed by atoms with Crippen molar-refractivity contribution in [3.8, 4) is 5.88 Å². The summed E-state index contributed by atoms with van der Waals surface area (Å²) in [6.07, 6.45) is 0.00312. The highest BCUT2D eigenvalue weighted by atomic mass is 19.4. The molecule has 2 amide bonds. The Kier molecular flexibility index (Phi) is 8.13. The van der Waals surface area contributed by atoms with Crippen LogP contribution in [0.1, 0.15) is 43.0 Å². The van der Waals surface area contributed by atoms with Gasteiger partial charge in [0, 0.05) is 36.7 Å². The van der Waals surface area contributed by atoms with Crippen LogP contribution in [0, 0.1) is 0 Å². The van der Waals surface area contributed by atoms with E-state index < -0.39 is 24.7 Å². The van der Waals surface area contributed by atoms with Crippen LogP contribution in [0.3, 0.4) is 0 Å². The number of rotatable bonds is 9. The van der Waals surface area contributed by atoms with Gasteiger partial charge in [-0.1, -0.05) is 19.4 Å². The van der Waals surface area contributed by atoms with Gasteiger partial charge in [0.2, 0.25) is 11.8 Å². The van der Waals surface area contributed by atoms with Crippen molar-refractivity contribution < 1.29 is 27.5 Å². The molecule has 1 fully saturated rings. The van der Waals surface area contributed by atoms with Crippen LogP contribution in [-0.4, -0.2) is 48.7 Å². The maximum absolute atomic E-state index is 12.9. The molecule has 1 aliphatic heterocycles. The van der Waals surface area contributed by atoms with Crippen LogP contribution in [0.25, 0.3) is 0 Å². The third kappa shape index (κ3) is 7.37. The quantitative estimate of drug-likeness (QED) is 0.582. The number of anilines is 2. The molecule has 2 heterocycles. The summed E-state index contributed by atoms with van der Waals surface area (Å²) in [4.78, 5) is 31.4. The van der Waals surface area contributed by atoms with Gasteiger partial charge in [-0.15, -0.1) is 0 Å². The Hall–Kier alpha value is -3.30. The van der Waals surface area contributed by atoms with Crippen molar-refractivity contribution >= 4 is 23.2 Å². The minimum Gasteiger partial charge on any atom is -0.468 e. The predicted molar refractivity (Wildman–Crippen MR) is 118 cm³/mol. The molecule has 1 aliphatic rings. The van der Waals surface area contributed by atoms with E-state index in [-0.39, 0.29) is 17.4 Å². The van der Waals surface area contributed by atoms with Crippen LogP contribution in [0.5, 0.6) is 5.88 Å². The highest BCUT2D eigenvalue weighted by Gasteiger charge is 2.28. The Bertz CT molecular complexity index is 945. The summed E-state index contributed by atoms with van der Waals surface area (Å²) in [5.41, 5.74) is 1.80. The van der Waals surface area contributed by atoms with Gasteiger partial charge in [0.25, 0.3) is 5.91 Å². The highest BCUT2D eigenvalue weighted by Crippen LogP contribution is 2.23. The minimum atomic E-state index is -4.48. The number of ether oxygens (including phenoxy) is 1. The molecular weight excluding hydrogens is 437 g/mol. The fourth-order valence-electron chi connectivity index (χ4n) is 3.54. The van der Waals surface area contributed by atoms with Gasteiger partial charge in [-0.3, -0.25) is 9.59 Å². The van der Waals surface area contributed by atoms with Gasteiger partial charge in [-0.05, 0) is 43.5 Å². The number of aromatic nitrogens is 1. The van der Waals surface area contributed by atoms with E-state index >= 15 is 0 Å².